The van der Waals surface area contributed by atoms with Crippen molar-refractivity contribution in [1.82, 2.24) is 14.1 Å². The number of hydrogen-bond donors (Lipinski definition) is 2. The van der Waals surface area contributed by atoms with Gasteiger partial charge in [-0.05, 0) is 30.2 Å². The summed E-state index contributed by atoms with van der Waals surface area (Å²) < 4.78 is 36.5. The Morgan fingerprint density at radius 2 is 1.84 bits per heavy atom. The molecule has 0 atom stereocenters. The summed E-state index contributed by atoms with van der Waals surface area (Å²) in [6.45, 7) is 3.76. The van der Waals surface area contributed by atoms with Gasteiger partial charge < -0.3 is 9.64 Å². The minimum Gasteiger partial charge on any atom is -0.486 e. The molecule has 1 aliphatic rings. The molecule has 3 aromatic rings. The fourth-order valence-corrected chi connectivity index (χ4v) is 5.87. The third-order valence-electron chi connectivity index (χ3n) is 6.30. The van der Waals surface area contributed by atoms with Crippen LogP contribution in [-0.2, 0) is 15.8 Å². The molecule has 0 spiro atoms. The summed E-state index contributed by atoms with van der Waals surface area (Å²) >= 11 is 6.12. The zero-order valence-corrected chi connectivity index (χ0v) is 22.8. The van der Waals surface area contributed by atoms with E-state index in [0.29, 0.717) is 41.7 Å². The molecule has 3 heterocycles. The number of nitrogens with zero attached hydrogens (tertiary/aromatic N) is 5. The number of pyridine rings is 1. The molecule has 204 valence electrons. The Morgan fingerprint density at radius 1 is 1.13 bits per heavy atom. The van der Waals surface area contributed by atoms with Crippen molar-refractivity contribution < 1.29 is 17.7 Å². The van der Waals surface area contributed by atoms with Crippen LogP contribution in [0.1, 0.15) is 31.6 Å². The average Bonchev–Trinajstić information content (AvgIpc) is 2.90. The zero-order chi connectivity index (χ0) is 27.3. The maximum absolute atomic E-state index is 13.4. The first-order valence-corrected chi connectivity index (χ1v) is 14.4. The maximum Gasteiger partial charge on any atom is 0.316 e. The Bertz CT molecular complexity index is 1410. The number of aromatic nitrogens is 3. The van der Waals surface area contributed by atoms with E-state index in [1.54, 1.807) is 59.6 Å². The van der Waals surface area contributed by atoms with Crippen LogP contribution in [0, 0.1) is 0 Å². The Hall–Kier alpha value is -3.03. The number of benzene rings is 1. The van der Waals surface area contributed by atoms with Crippen molar-refractivity contribution in [3.05, 3.63) is 75.9 Å². The van der Waals surface area contributed by atoms with Crippen LogP contribution in [-0.4, -0.2) is 55.3 Å². The molecule has 0 radical (unpaired) electrons. The second-order valence-corrected chi connectivity index (χ2v) is 11.4. The predicted octanol–water partition coefficient (Wildman–Crippen LogP) is 1.38. The van der Waals surface area contributed by atoms with E-state index in [1.165, 1.54) is 8.99 Å². The minimum atomic E-state index is -3.55. The summed E-state index contributed by atoms with van der Waals surface area (Å²) in [7, 11) is -3.55. The van der Waals surface area contributed by atoms with Crippen molar-refractivity contribution in [3.8, 4) is 11.4 Å². The van der Waals surface area contributed by atoms with Crippen LogP contribution in [0.4, 0.5) is 5.69 Å². The maximum atomic E-state index is 13.4. The van der Waals surface area contributed by atoms with Crippen LogP contribution in [0.3, 0.4) is 0 Å². The molecule has 13 heteroatoms. The molecule has 0 amide bonds. The Balaban J connectivity index is 1.51. The number of sulfonamides is 1. The minimum absolute atomic E-state index is 0.129. The lowest BCUT2D eigenvalue weighted by Crippen LogP contribution is -2.50. The van der Waals surface area contributed by atoms with Gasteiger partial charge in [-0.3, -0.25) is 16.3 Å². The summed E-state index contributed by atoms with van der Waals surface area (Å²) in [4.78, 5) is 15.4. The van der Waals surface area contributed by atoms with Crippen molar-refractivity contribution in [3.63, 3.8) is 0 Å². The molecule has 1 saturated heterocycles. The second-order valence-electron chi connectivity index (χ2n) is 9.04. The van der Waals surface area contributed by atoms with Gasteiger partial charge >= 0.3 is 5.56 Å². The molecular weight excluding hydrogens is 530 g/mol. The van der Waals surface area contributed by atoms with E-state index in [2.05, 4.69) is 5.10 Å². The number of hydrogen-bond acceptors (Lipinski definition) is 8. The molecule has 38 heavy (non-hydrogen) atoms. The molecule has 1 aromatic carbocycles. The van der Waals surface area contributed by atoms with Crippen molar-refractivity contribution in [2.75, 3.05) is 37.7 Å². The third kappa shape index (κ3) is 6.51. The Kier molecular flexibility index (Phi) is 9.00. The third-order valence-corrected chi connectivity index (χ3v) is 8.38. The molecule has 1 fully saturated rings. The quantitative estimate of drug-likeness (QED) is 0.214. The standard InChI is InChI=1S/C25H33ClN7O4S/c1-2-3-15-37-23-22(17-29-33(24(23)34)21-6-4-5-20(26)16-21)30-11-13-32(14-12-30)38(35,36)18-19-7-9-31(10-8-19)25(27)28/h4-10,16-17,25H,2-3,11-15,18,27-28H2,1H3/q+1. The first-order valence-electron chi connectivity index (χ1n) is 12.4. The molecule has 4 N–H and O–H groups in total. The highest BCUT2D eigenvalue weighted by Gasteiger charge is 2.29. The molecule has 11 nitrogen and oxygen atoms in total. The molecular formula is C25H33ClN7O4S+. The number of rotatable bonds is 10. The van der Waals surface area contributed by atoms with Crippen LogP contribution in [0.2, 0.25) is 5.02 Å². The van der Waals surface area contributed by atoms with E-state index in [4.69, 9.17) is 27.8 Å². The topological polar surface area (TPSA) is 141 Å². The Morgan fingerprint density at radius 3 is 2.47 bits per heavy atom. The summed E-state index contributed by atoms with van der Waals surface area (Å²) in [5.41, 5.74) is 12.6. The van der Waals surface area contributed by atoms with Crippen LogP contribution in [0.25, 0.3) is 5.69 Å². The first kappa shape index (κ1) is 28.0. The van der Waals surface area contributed by atoms with Gasteiger partial charge in [0.2, 0.25) is 15.8 Å². The van der Waals surface area contributed by atoms with Gasteiger partial charge in [0.05, 0.1) is 24.2 Å². The van der Waals surface area contributed by atoms with E-state index in [-0.39, 0.29) is 24.6 Å². The Labute approximate surface area is 227 Å². The molecule has 0 saturated carbocycles. The molecule has 0 aliphatic carbocycles. The van der Waals surface area contributed by atoms with Crippen LogP contribution in [0.5, 0.6) is 5.75 Å². The van der Waals surface area contributed by atoms with E-state index in [0.717, 1.165) is 12.8 Å². The molecule has 1 aliphatic heterocycles. The largest absolute Gasteiger partial charge is 0.486 e. The summed E-state index contributed by atoms with van der Waals surface area (Å²) in [6, 6.07) is 10.3. The lowest BCUT2D eigenvalue weighted by Gasteiger charge is -2.35. The highest BCUT2D eigenvalue weighted by molar-refractivity contribution is 7.88. The van der Waals surface area contributed by atoms with Gasteiger partial charge in [-0.2, -0.15) is 18.7 Å². The van der Waals surface area contributed by atoms with Crippen LogP contribution >= 0.6 is 11.6 Å². The molecule has 4 rings (SSSR count). The normalized spacial score (nSPS) is 14.7. The lowest BCUT2D eigenvalue weighted by atomic mass is 10.3. The van der Waals surface area contributed by atoms with E-state index in [9.17, 15) is 13.2 Å². The van der Waals surface area contributed by atoms with Gasteiger partial charge in [0.15, 0.2) is 12.4 Å². The number of ether oxygens (including phenoxy) is 1. The molecule has 2 aromatic heterocycles. The smallest absolute Gasteiger partial charge is 0.316 e. The monoisotopic (exact) mass is 562 g/mol. The summed E-state index contributed by atoms with van der Waals surface area (Å²) in [6.07, 6.45) is 5.93. The van der Waals surface area contributed by atoms with E-state index in [1.807, 2.05) is 11.8 Å². The summed E-state index contributed by atoms with van der Waals surface area (Å²) in [5, 5.41) is 4.86. The van der Waals surface area contributed by atoms with Crippen molar-refractivity contribution in [2.24, 2.45) is 11.5 Å². The molecule has 0 bridgehead atoms. The lowest BCUT2D eigenvalue weighted by molar-refractivity contribution is -0.721. The highest BCUT2D eigenvalue weighted by atomic mass is 35.5. The second kappa shape index (κ2) is 12.2. The van der Waals surface area contributed by atoms with Gasteiger partial charge in [-0.15, -0.1) is 0 Å². The zero-order valence-electron chi connectivity index (χ0n) is 21.2. The first-order chi connectivity index (χ1) is 18.2. The number of piperazine rings is 1. The van der Waals surface area contributed by atoms with E-state index >= 15 is 0 Å². The van der Waals surface area contributed by atoms with Gasteiger partial charge in [0.25, 0.3) is 6.29 Å². The average molecular weight is 563 g/mol. The predicted molar refractivity (Wildman–Crippen MR) is 146 cm³/mol. The number of nitrogens with two attached hydrogens (primary N) is 2. The van der Waals surface area contributed by atoms with Gasteiger partial charge in [-0.1, -0.05) is 31.0 Å². The highest BCUT2D eigenvalue weighted by Crippen LogP contribution is 2.27. The van der Waals surface area contributed by atoms with Crippen molar-refractivity contribution in [2.45, 2.75) is 31.8 Å². The fraction of sp³-hybridized carbons (Fsp3) is 0.400. The van der Waals surface area contributed by atoms with Gasteiger partial charge in [0, 0.05) is 43.3 Å². The number of unbranched alkanes of at least 4 members (excludes halogenated alkanes) is 1. The SMILES string of the molecule is CCCCOc1c(N2CCN(S(=O)(=O)Cc3cc[n+](C(N)N)cc3)CC2)cnn(-c2cccc(Cl)c2)c1=O. The molecule has 0 unspecified atom stereocenters. The number of halogens is 1. The van der Waals surface area contributed by atoms with E-state index < -0.39 is 21.9 Å². The van der Waals surface area contributed by atoms with Crippen LogP contribution < -0.4 is 31.2 Å². The fourth-order valence-electron chi connectivity index (χ4n) is 4.17. The van der Waals surface area contributed by atoms with Gasteiger partial charge in [0.1, 0.15) is 5.69 Å². The van der Waals surface area contributed by atoms with Crippen molar-refractivity contribution >= 4 is 27.3 Å². The summed E-state index contributed by atoms with van der Waals surface area (Å²) in [5.74, 6) is 0.0661. The van der Waals surface area contributed by atoms with Crippen molar-refractivity contribution in [1.29, 1.82) is 0 Å². The van der Waals surface area contributed by atoms with Crippen LogP contribution in [0.15, 0.2) is 59.8 Å². The van der Waals surface area contributed by atoms with Gasteiger partial charge in [-0.25, -0.2) is 8.42 Å². The number of anilines is 1.